The predicted octanol–water partition coefficient (Wildman–Crippen LogP) is 3.97. The van der Waals surface area contributed by atoms with Gasteiger partial charge in [0.15, 0.2) is 22.8 Å². The fraction of sp³-hybridized carbons (Fsp3) is 0.100. The van der Waals surface area contributed by atoms with Gasteiger partial charge < -0.3 is 10.3 Å². The third-order valence-corrected chi connectivity index (χ3v) is 4.56. The number of primary amides is 1. The van der Waals surface area contributed by atoms with Crippen LogP contribution in [0, 0.1) is 24.4 Å². The summed E-state index contributed by atoms with van der Waals surface area (Å²) in [6.45, 7) is 1.66. The van der Waals surface area contributed by atoms with Crippen LogP contribution in [-0.2, 0) is 7.05 Å². The van der Waals surface area contributed by atoms with Crippen LogP contribution in [0.4, 0.5) is 29.5 Å². The average Bonchev–Trinajstić information content (AvgIpc) is 3.05. The van der Waals surface area contributed by atoms with Crippen molar-refractivity contribution in [2.75, 3.05) is 4.90 Å². The van der Waals surface area contributed by atoms with E-state index in [0.717, 1.165) is 18.2 Å². The van der Waals surface area contributed by atoms with Crippen LogP contribution in [0.15, 0.2) is 42.7 Å². The van der Waals surface area contributed by atoms with Crippen LogP contribution < -0.4 is 10.6 Å². The van der Waals surface area contributed by atoms with Crippen molar-refractivity contribution in [1.82, 2.24) is 19.5 Å². The van der Waals surface area contributed by atoms with Gasteiger partial charge in [-0.2, -0.15) is 0 Å². The topological polar surface area (TPSA) is 89.9 Å². The van der Waals surface area contributed by atoms with E-state index in [1.165, 1.54) is 24.5 Å². The molecule has 2 aromatic heterocycles. The van der Waals surface area contributed by atoms with Crippen LogP contribution in [0.5, 0.6) is 0 Å². The first-order valence-corrected chi connectivity index (χ1v) is 8.77. The molecule has 0 bridgehead atoms. The minimum absolute atomic E-state index is 0.113. The van der Waals surface area contributed by atoms with Crippen LogP contribution in [0.1, 0.15) is 5.56 Å². The smallest absolute Gasteiger partial charge is 0.325 e. The Balaban J connectivity index is 2.05. The van der Waals surface area contributed by atoms with Gasteiger partial charge in [-0.3, -0.25) is 0 Å². The maximum Gasteiger partial charge on any atom is 0.325 e. The molecule has 30 heavy (non-hydrogen) atoms. The molecule has 0 atom stereocenters. The number of nitrogens with zero attached hydrogens (tertiary/aromatic N) is 5. The largest absolute Gasteiger partial charge is 0.351 e. The lowest BCUT2D eigenvalue weighted by molar-refractivity contribution is 0.255. The molecule has 0 aliphatic carbocycles. The second-order valence-electron chi connectivity index (χ2n) is 6.60. The zero-order chi connectivity index (χ0) is 21.6. The molecule has 0 saturated heterocycles. The molecule has 0 radical (unpaired) electrons. The molecule has 10 heteroatoms. The number of hydrogen-bond donors (Lipinski definition) is 1. The molecule has 0 saturated carbocycles. The summed E-state index contributed by atoms with van der Waals surface area (Å²) in [7, 11) is 1.66. The number of carbonyl (C=O) groups is 1. The fourth-order valence-electron chi connectivity index (χ4n) is 3.17. The number of urea groups is 1. The van der Waals surface area contributed by atoms with Gasteiger partial charge in [-0.1, -0.05) is 6.07 Å². The highest BCUT2D eigenvalue weighted by Gasteiger charge is 2.28. The maximum absolute atomic E-state index is 14.5. The summed E-state index contributed by atoms with van der Waals surface area (Å²) in [6.07, 6.45) is 1.42. The summed E-state index contributed by atoms with van der Waals surface area (Å²) in [4.78, 5) is 25.8. The molecule has 2 amide bonds. The number of imidazole rings is 1. The number of aromatic nitrogens is 4. The monoisotopic (exact) mass is 412 g/mol. The molecule has 152 valence electrons. The third kappa shape index (κ3) is 3.11. The van der Waals surface area contributed by atoms with E-state index in [1.54, 1.807) is 18.5 Å². The Bertz CT molecular complexity index is 1280. The van der Waals surface area contributed by atoms with Gasteiger partial charge in [-0.25, -0.2) is 37.8 Å². The minimum Gasteiger partial charge on any atom is -0.351 e. The van der Waals surface area contributed by atoms with E-state index in [9.17, 15) is 18.0 Å². The molecule has 2 heterocycles. The molecule has 2 aromatic carbocycles. The van der Waals surface area contributed by atoms with Crippen molar-refractivity contribution in [2.45, 2.75) is 6.92 Å². The van der Waals surface area contributed by atoms with Crippen LogP contribution in [0.3, 0.4) is 0 Å². The Morgan fingerprint density at radius 2 is 1.80 bits per heavy atom. The quantitative estimate of drug-likeness (QED) is 0.551. The maximum atomic E-state index is 14.5. The van der Waals surface area contributed by atoms with E-state index in [0.29, 0.717) is 21.7 Å². The van der Waals surface area contributed by atoms with Gasteiger partial charge >= 0.3 is 6.03 Å². The summed E-state index contributed by atoms with van der Waals surface area (Å²) in [6, 6.07) is 6.01. The number of carbonyl (C=O) groups excluding carboxylic acids is 1. The number of rotatable bonds is 3. The lowest BCUT2D eigenvalue weighted by Crippen LogP contribution is -2.34. The van der Waals surface area contributed by atoms with Crippen molar-refractivity contribution < 1.29 is 18.0 Å². The Labute approximate surface area is 168 Å². The standard InChI is InChI=1S/C20H15F3N6O/c1-10-8-11(21)6-7-12(10)17-26-18-15(25-9-28(18)2)19(27-17)29(20(24)30)16-13(22)4-3-5-14(16)23/h3-9H,1-2H3,(H2,24,30). The number of anilines is 2. The van der Waals surface area contributed by atoms with E-state index in [1.807, 2.05) is 0 Å². The van der Waals surface area contributed by atoms with Gasteiger partial charge in [-0.05, 0) is 42.8 Å². The van der Waals surface area contributed by atoms with Crippen molar-refractivity contribution in [1.29, 1.82) is 0 Å². The predicted molar refractivity (Wildman–Crippen MR) is 105 cm³/mol. The first kappa shape index (κ1) is 19.4. The summed E-state index contributed by atoms with van der Waals surface area (Å²) >= 11 is 0. The van der Waals surface area contributed by atoms with Crippen LogP contribution in [-0.4, -0.2) is 25.6 Å². The van der Waals surface area contributed by atoms with Crippen molar-refractivity contribution in [3.8, 4) is 11.4 Å². The third-order valence-electron chi connectivity index (χ3n) is 4.56. The van der Waals surface area contributed by atoms with Gasteiger partial charge in [0.25, 0.3) is 0 Å². The second-order valence-corrected chi connectivity index (χ2v) is 6.60. The summed E-state index contributed by atoms with van der Waals surface area (Å²) in [5.74, 6) is -2.53. The Kier molecular flexibility index (Phi) is 4.61. The lowest BCUT2D eigenvalue weighted by atomic mass is 10.1. The highest BCUT2D eigenvalue weighted by atomic mass is 19.1. The minimum atomic E-state index is -1.16. The normalized spacial score (nSPS) is 11.1. The lowest BCUT2D eigenvalue weighted by Gasteiger charge is -2.21. The molecule has 0 spiro atoms. The molecule has 0 fully saturated rings. The Morgan fingerprint density at radius 3 is 2.43 bits per heavy atom. The number of benzene rings is 2. The summed E-state index contributed by atoms with van der Waals surface area (Å²) < 4.78 is 44.1. The Hall–Kier alpha value is -3.95. The number of aryl methyl sites for hydroxylation is 2. The molecule has 4 rings (SSSR count). The average molecular weight is 412 g/mol. The van der Waals surface area contributed by atoms with E-state index in [-0.39, 0.29) is 17.2 Å². The molecule has 0 aliphatic rings. The molecule has 2 N–H and O–H groups in total. The van der Waals surface area contributed by atoms with Gasteiger partial charge in [0.05, 0.1) is 6.33 Å². The van der Waals surface area contributed by atoms with Crippen molar-refractivity contribution in [2.24, 2.45) is 12.8 Å². The van der Waals surface area contributed by atoms with Crippen LogP contribution >= 0.6 is 0 Å². The molecular weight excluding hydrogens is 397 g/mol. The Morgan fingerprint density at radius 1 is 1.10 bits per heavy atom. The van der Waals surface area contributed by atoms with E-state index in [2.05, 4.69) is 15.0 Å². The van der Waals surface area contributed by atoms with Crippen molar-refractivity contribution >= 4 is 28.7 Å². The molecular formula is C20H15F3N6O. The first-order valence-electron chi connectivity index (χ1n) is 8.77. The number of para-hydroxylation sites is 1. The summed E-state index contributed by atoms with van der Waals surface area (Å²) in [5.41, 5.74) is 6.21. The number of hydrogen-bond acceptors (Lipinski definition) is 4. The molecule has 4 aromatic rings. The molecule has 0 aliphatic heterocycles. The summed E-state index contributed by atoms with van der Waals surface area (Å²) in [5, 5.41) is 0. The van der Waals surface area contributed by atoms with Gasteiger partial charge in [0.1, 0.15) is 23.1 Å². The first-order chi connectivity index (χ1) is 14.3. The van der Waals surface area contributed by atoms with Crippen molar-refractivity contribution in [3.05, 3.63) is 65.7 Å². The zero-order valence-corrected chi connectivity index (χ0v) is 15.9. The molecule has 7 nitrogen and oxygen atoms in total. The zero-order valence-electron chi connectivity index (χ0n) is 15.9. The highest BCUT2D eigenvalue weighted by Crippen LogP contribution is 2.34. The second kappa shape index (κ2) is 7.14. The van der Waals surface area contributed by atoms with E-state index in [4.69, 9.17) is 5.73 Å². The molecule has 0 unspecified atom stereocenters. The number of fused-ring (bicyclic) bond motifs is 1. The number of nitrogens with two attached hydrogens (primary N) is 1. The fourth-order valence-corrected chi connectivity index (χ4v) is 3.17. The van der Waals surface area contributed by atoms with E-state index >= 15 is 0 Å². The van der Waals surface area contributed by atoms with Gasteiger partial charge in [-0.15, -0.1) is 0 Å². The SMILES string of the molecule is Cc1cc(F)ccc1-c1nc(N(C(N)=O)c2c(F)cccc2F)c2ncn(C)c2n1. The number of amides is 2. The van der Waals surface area contributed by atoms with Crippen LogP contribution in [0.25, 0.3) is 22.6 Å². The van der Waals surface area contributed by atoms with Gasteiger partial charge in [0.2, 0.25) is 0 Å². The van der Waals surface area contributed by atoms with Crippen molar-refractivity contribution in [3.63, 3.8) is 0 Å². The van der Waals surface area contributed by atoms with Gasteiger partial charge in [0, 0.05) is 12.6 Å². The number of halogens is 3. The highest BCUT2D eigenvalue weighted by molar-refractivity contribution is 6.04. The van der Waals surface area contributed by atoms with Crippen LogP contribution in [0.2, 0.25) is 0 Å². The van der Waals surface area contributed by atoms with E-state index < -0.39 is 29.2 Å².